The average Bonchev–Trinajstić information content (AvgIpc) is 2.32. The first-order valence-electron chi connectivity index (χ1n) is 5.32. The number of quaternary nitrogens is 1. The second kappa shape index (κ2) is 5.11. The third-order valence-corrected chi connectivity index (χ3v) is 2.63. The van der Waals surface area contributed by atoms with Crippen molar-refractivity contribution >= 4 is 11.4 Å². The first-order chi connectivity index (χ1) is 7.40. The summed E-state index contributed by atoms with van der Waals surface area (Å²) in [5.41, 5.74) is 4.16. The van der Waals surface area contributed by atoms with Crippen LogP contribution >= 0.6 is 0 Å². The molecule has 1 fully saturated rings. The Morgan fingerprint density at radius 2 is 1.87 bits per heavy atom. The van der Waals surface area contributed by atoms with E-state index in [0.29, 0.717) is 0 Å². The minimum atomic E-state index is 1.08. The quantitative estimate of drug-likeness (QED) is 0.536. The molecule has 0 bridgehead atoms. The first kappa shape index (κ1) is 10.4. The van der Waals surface area contributed by atoms with Crippen molar-refractivity contribution in [3.8, 4) is 0 Å². The van der Waals surface area contributed by atoms with Crippen LogP contribution < -0.4 is 15.7 Å². The van der Waals surface area contributed by atoms with E-state index in [2.05, 4.69) is 34.5 Å². The van der Waals surface area contributed by atoms with Gasteiger partial charge in [-0.15, -0.1) is 0 Å². The van der Waals surface area contributed by atoms with Gasteiger partial charge in [0.25, 0.3) is 0 Å². The van der Waals surface area contributed by atoms with Crippen LogP contribution in [0.4, 0.5) is 11.4 Å². The monoisotopic (exact) mass is 208 g/mol. The molecule has 0 aliphatic carbocycles. The Bertz CT molecular complexity index is 293. The SMILES string of the molecule is CO[NH2+]c1ccc(N2CCNCC2)cc1. The number of rotatable bonds is 3. The molecule has 0 amide bonds. The zero-order chi connectivity index (χ0) is 10.5. The van der Waals surface area contributed by atoms with Crippen molar-refractivity contribution in [3.05, 3.63) is 24.3 Å². The minimum absolute atomic E-state index is 1.08. The molecule has 15 heavy (non-hydrogen) atoms. The molecular weight excluding hydrogens is 190 g/mol. The molecule has 4 heteroatoms. The number of benzene rings is 1. The summed E-state index contributed by atoms with van der Waals surface area (Å²) < 4.78 is 0. The van der Waals surface area contributed by atoms with E-state index in [9.17, 15) is 0 Å². The smallest absolute Gasteiger partial charge is 0.162 e. The van der Waals surface area contributed by atoms with Gasteiger partial charge in [-0.2, -0.15) is 5.48 Å². The lowest BCUT2D eigenvalue weighted by Gasteiger charge is -2.29. The van der Waals surface area contributed by atoms with Crippen molar-refractivity contribution in [1.82, 2.24) is 5.32 Å². The van der Waals surface area contributed by atoms with Crippen molar-refractivity contribution in [2.24, 2.45) is 0 Å². The van der Waals surface area contributed by atoms with Crippen molar-refractivity contribution in [3.63, 3.8) is 0 Å². The largest absolute Gasteiger partial charge is 0.369 e. The normalized spacial score (nSPS) is 16.7. The van der Waals surface area contributed by atoms with E-state index in [1.54, 1.807) is 12.6 Å². The summed E-state index contributed by atoms with van der Waals surface area (Å²) >= 11 is 0. The van der Waals surface area contributed by atoms with Crippen LogP contribution in [0.5, 0.6) is 0 Å². The first-order valence-corrected chi connectivity index (χ1v) is 5.32. The van der Waals surface area contributed by atoms with Gasteiger partial charge in [0.15, 0.2) is 5.69 Å². The van der Waals surface area contributed by atoms with Gasteiger partial charge in [-0.3, -0.25) is 0 Å². The molecule has 0 atom stereocenters. The fourth-order valence-corrected chi connectivity index (χ4v) is 1.82. The van der Waals surface area contributed by atoms with Crippen LogP contribution in [0.15, 0.2) is 24.3 Å². The Kier molecular flexibility index (Phi) is 3.55. The predicted molar refractivity (Wildman–Crippen MR) is 60.1 cm³/mol. The number of anilines is 1. The van der Waals surface area contributed by atoms with Gasteiger partial charge < -0.3 is 10.2 Å². The van der Waals surface area contributed by atoms with Crippen LogP contribution in [0.3, 0.4) is 0 Å². The molecule has 0 radical (unpaired) electrons. The van der Waals surface area contributed by atoms with Crippen molar-refractivity contribution in [2.75, 3.05) is 38.2 Å². The van der Waals surface area contributed by atoms with Gasteiger partial charge in [0.05, 0.1) is 7.11 Å². The third kappa shape index (κ3) is 2.68. The molecule has 1 aromatic carbocycles. The number of piperazine rings is 1. The van der Waals surface area contributed by atoms with Crippen LogP contribution in [-0.4, -0.2) is 33.3 Å². The number of hydrogen-bond donors (Lipinski definition) is 2. The van der Waals surface area contributed by atoms with E-state index in [1.807, 2.05) is 0 Å². The van der Waals surface area contributed by atoms with Crippen LogP contribution in [0.25, 0.3) is 0 Å². The molecule has 0 aromatic heterocycles. The number of nitrogens with one attached hydrogen (secondary N) is 1. The molecule has 0 spiro atoms. The molecule has 1 heterocycles. The lowest BCUT2D eigenvalue weighted by atomic mass is 10.2. The highest BCUT2D eigenvalue weighted by atomic mass is 16.6. The minimum Gasteiger partial charge on any atom is -0.369 e. The molecule has 0 saturated carbocycles. The Morgan fingerprint density at radius 3 is 2.47 bits per heavy atom. The van der Waals surface area contributed by atoms with E-state index in [4.69, 9.17) is 4.84 Å². The summed E-state index contributed by atoms with van der Waals surface area (Å²) in [6.45, 7) is 4.33. The molecule has 3 N–H and O–H groups in total. The van der Waals surface area contributed by atoms with Crippen molar-refractivity contribution in [1.29, 1.82) is 0 Å². The lowest BCUT2D eigenvalue weighted by molar-refractivity contribution is -0.830. The Hall–Kier alpha value is -1.10. The molecule has 82 valence electrons. The zero-order valence-electron chi connectivity index (χ0n) is 9.07. The summed E-state index contributed by atoms with van der Waals surface area (Å²) in [5, 5.41) is 3.35. The van der Waals surface area contributed by atoms with Gasteiger partial charge in [0, 0.05) is 44.0 Å². The Morgan fingerprint density at radius 1 is 1.20 bits per heavy atom. The zero-order valence-corrected chi connectivity index (χ0v) is 9.07. The second-order valence-corrected chi connectivity index (χ2v) is 3.68. The molecule has 1 aliphatic heterocycles. The number of hydrogen-bond acceptors (Lipinski definition) is 3. The Labute approximate surface area is 90.2 Å². The summed E-state index contributed by atoms with van der Waals surface area (Å²) in [5.74, 6) is 0. The summed E-state index contributed by atoms with van der Waals surface area (Å²) in [6, 6.07) is 8.47. The molecule has 1 aliphatic rings. The van der Waals surface area contributed by atoms with E-state index >= 15 is 0 Å². The number of nitrogens with two attached hydrogens (primary N) is 1. The van der Waals surface area contributed by atoms with Gasteiger partial charge in [-0.25, -0.2) is 4.84 Å². The van der Waals surface area contributed by atoms with Crippen molar-refractivity contribution < 1.29 is 10.3 Å². The summed E-state index contributed by atoms with van der Waals surface area (Å²) in [6.07, 6.45) is 0. The highest BCUT2D eigenvalue weighted by Crippen LogP contribution is 2.15. The van der Waals surface area contributed by atoms with Crippen LogP contribution in [0.1, 0.15) is 0 Å². The summed E-state index contributed by atoms with van der Waals surface area (Å²) in [7, 11) is 1.67. The van der Waals surface area contributed by atoms with Crippen LogP contribution in [0, 0.1) is 0 Å². The standard InChI is InChI=1S/C11H17N3O/c1-15-13-10-2-4-11(5-3-10)14-8-6-12-7-9-14/h2-5,12-13H,6-9H2,1H3/p+1. The highest BCUT2D eigenvalue weighted by Gasteiger charge is 2.10. The van der Waals surface area contributed by atoms with Gasteiger partial charge >= 0.3 is 0 Å². The van der Waals surface area contributed by atoms with Gasteiger partial charge in [-0.1, -0.05) is 0 Å². The maximum atomic E-state index is 4.96. The topological polar surface area (TPSA) is 41.1 Å². The summed E-state index contributed by atoms with van der Waals surface area (Å²) in [4.78, 5) is 7.36. The van der Waals surface area contributed by atoms with Gasteiger partial charge in [-0.05, 0) is 12.1 Å². The molecule has 1 aromatic rings. The van der Waals surface area contributed by atoms with Crippen LogP contribution in [0.2, 0.25) is 0 Å². The van der Waals surface area contributed by atoms with E-state index in [-0.39, 0.29) is 0 Å². The van der Waals surface area contributed by atoms with Gasteiger partial charge in [0.2, 0.25) is 0 Å². The van der Waals surface area contributed by atoms with Crippen molar-refractivity contribution in [2.45, 2.75) is 0 Å². The van der Waals surface area contributed by atoms with E-state index in [1.165, 1.54) is 5.69 Å². The second-order valence-electron chi connectivity index (χ2n) is 3.68. The lowest BCUT2D eigenvalue weighted by Crippen LogP contribution is -2.75. The van der Waals surface area contributed by atoms with E-state index < -0.39 is 0 Å². The number of nitrogens with zero attached hydrogens (tertiary/aromatic N) is 1. The maximum absolute atomic E-state index is 4.96. The predicted octanol–water partition coefficient (Wildman–Crippen LogP) is -0.147. The highest BCUT2D eigenvalue weighted by molar-refractivity contribution is 5.50. The fraction of sp³-hybridized carbons (Fsp3) is 0.455. The molecule has 0 unspecified atom stereocenters. The Balaban J connectivity index is 2.02. The molecule has 2 rings (SSSR count). The molecule has 1 saturated heterocycles. The van der Waals surface area contributed by atoms with Gasteiger partial charge in [0.1, 0.15) is 0 Å². The van der Waals surface area contributed by atoms with Crippen LogP contribution in [-0.2, 0) is 4.84 Å². The molecule has 4 nitrogen and oxygen atoms in total. The molecular formula is C11H18N3O+. The maximum Gasteiger partial charge on any atom is 0.162 e. The van der Waals surface area contributed by atoms with E-state index in [0.717, 1.165) is 31.9 Å². The third-order valence-electron chi connectivity index (χ3n) is 2.63. The fourth-order valence-electron chi connectivity index (χ4n) is 1.82. The average molecular weight is 208 g/mol.